The molecule has 0 aliphatic carbocycles. The lowest BCUT2D eigenvalue weighted by atomic mass is 10.1. The highest BCUT2D eigenvalue weighted by Gasteiger charge is 2.19. The first-order chi connectivity index (χ1) is 13.6. The van der Waals surface area contributed by atoms with Crippen LogP contribution in [-0.4, -0.2) is 10.8 Å². The smallest absolute Gasteiger partial charge is 0.205 e. The van der Waals surface area contributed by atoms with E-state index >= 15 is 0 Å². The van der Waals surface area contributed by atoms with Crippen LogP contribution in [0, 0.1) is 0 Å². The Morgan fingerprint density at radius 2 is 1.89 bits per heavy atom. The Kier molecular flexibility index (Phi) is 4.03. The van der Waals surface area contributed by atoms with Gasteiger partial charge in [0, 0.05) is 32.6 Å². The number of benzene rings is 2. The Morgan fingerprint density at radius 1 is 1.07 bits per heavy atom. The molecule has 2 aromatic carbocycles. The lowest BCUT2D eigenvalue weighted by molar-refractivity contribution is 0.104. The van der Waals surface area contributed by atoms with E-state index < -0.39 is 0 Å². The van der Waals surface area contributed by atoms with Gasteiger partial charge in [-0.05, 0) is 30.3 Å². The molecule has 0 amide bonds. The number of aromatic nitrogens is 1. The Morgan fingerprint density at radius 3 is 2.71 bits per heavy atom. The minimum atomic E-state index is -0.0868. The molecule has 0 saturated carbocycles. The van der Waals surface area contributed by atoms with Gasteiger partial charge in [-0.1, -0.05) is 46.3 Å². The molecule has 0 aliphatic rings. The van der Waals surface area contributed by atoms with Gasteiger partial charge < -0.3 is 10.2 Å². The summed E-state index contributed by atoms with van der Waals surface area (Å²) in [5.74, 6) is 0.625. The number of furan rings is 1. The van der Waals surface area contributed by atoms with Gasteiger partial charge in [-0.25, -0.2) is 4.98 Å². The van der Waals surface area contributed by atoms with Crippen molar-refractivity contribution in [2.75, 3.05) is 5.73 Å². The van der Waals surface area contributed by atoms with Gasteiger partial charge in [-0.2, -0.15) is 0 Å². The normalized spacial score (nSPS) is 11.3. The Balaban J connectivity index is 1.61. The molecule has 5 rings (SSSR count). The fourth-order valence-electron chi connectivity index (χ4n) is 3.18. The number of hydrogen-bond donors (Lipinski definition) is 1. The molecule has 28 heavy (non-hydrogen) atoms. The van der Waals surface area contributed by atoms with Crippen LogP contribution in [-0.2, 0) is 0 Å². The minimum Gasteiger partial charge on any atom is -0.456 e. The molecule has 0 saturated heterocycles. The quantitative estimate of drug-likeness (QED) is 0.329. The molecule has 0 unspecified atom stereocenters. The number of rotatable bonds is 3. The van der Waals surface area contributed by atoms with E-state index in [1.165, 1.54) is 11.3 Å². The van der Waals surface area contributed by atoms with Crippen molar-refractivity contribution in [2.24, 2.45) is 0 Å². The van der Waals surface area contributed by atoms with Crippen LogP contribution in [0.15, 0.2) is 75.8 Å². The zero-order chi connectivity index (χ0) is 19.3. The van der Waals surface area contributed by atoms with Crippen molar-refractivity contribution in [1.29, 1.82) is 0 Å². The molecular formula is C22H13BrN2O2S. The minimum absolute atomic E-state index is 0.0868. The average molecular weight is 449 g/mol. The maximum absolute atomic E-state index is 12.8. The van der Waals surface area contributed by atoms with Crippen molar-refractivity contribution in [2.45, 2.75) is 0 Å². The van der Waals surface area contributed by atoms with Crippen LogP contribution in [0.2, 0.25) is 0 Å². The Bertz CT molecular complexity index is 1360. The molecule has 3 aromatic heterocycles. The molecule has 0 aliphatic heterocycles. The van der Waals surface area contributed by atoms with Crippen LogP contribution in [0.1, 0.15) is 15.2 Å². The molecule has 136 valence electrons. The van der Waals surface area contributed by atoms with Crippen LogP contribution >= 0.6 is 27.3 Å². The summed E-state index contributed by atoms with van der Waals surface area (Å²) in [7, 11) is 0. The van der Waals surface area contributed by atoms with Gasteiger partial charge in [0.25, 0.3) is 0 Å². The number of halogens is 1. The number of ketones is 1. The third-order valence-corrected chi connectivity index (χ3v) is 6.21. The summed E-state index contributed by atoms with van der Waals surface area (Å²) in [4.78, 5) is 18.6. The first-order valence-corrected chi connectivity index (χ1v) is 10.2. The number of carbonyl (C=O) groups excluding carboxylic acids is 1. The molecule has 0 radical (unpaired) electrons. The highest BCUT2D eigenvalue weighted by atomic mass is 79.9. The van der Waals surface area contributed by atoms with Crippen molar-refractivity contribution in [3.05, 3.63) is 81.8 Å². The van der Waals surface area contributed by atoms with Crippen molar-refractivity contribution in [3.63, 3.8) is 0 Å². The molecule has 2 N–H and O–H groups in total. The molecule has 6 heteroatoms. The van der Waals surface area contributed by atoms with Crippen LogP contribution in [0.4, 0.5) is 5.69 Å². The van der Waals surface area contributed by atoms with E-state index in [2.05, 4.69) is 20.9 Å². The van der Waals surface area contributed by atoms with E-state index in [0.29, 0.717) is 21.9 Å². The second kappa shape index (κ2) is 6.58. The molecule has 0 spiro atoms. The summed E-state index contributed by atoms with van der Waals surface area (Å²) >= 11 is 4.79. The number of fused-ring (bicyclic) bond motifs is 2. The predicted molar refractivity (Wildman–Crippen MR) is 117 cm³/mol. The topological polar surface area (TPSA) is 69.1 Å². The van der Waals surface area contributed by atoms with Crippen LogP contribution in [0.3, 0.4) is 0 Å². The monoisotopic (exact) mass is 448 g/mol. The van der Waals surface area contributed by atoms with Gasteiger partial charge in [-0.3, -0.25) is 4.79 Å². The first kappa shape index (κ1) is 17.2. The second-order valence-corrected chi connectivity index (χ2v) is 8.32. The van der Waals surface area contributed by atoms with Gasteiger partial charge in [0.2, 0.25) is 5.78 Å². The summed E-state index contributed by atoms with van der Waals surface area (Å²) in [6.45, 7) is 0. The zero-order valence-electron chi connectivity index (χ0n) is 14.5. The van der Waals surface area contributed by atoms with E-state index in [1.54, 1.807) is 18.3 Å². The van der Waals surface area contributed by atoms with E-state index in [1.807, 2.05) is 48.5 Å². The number of pyridine rings is 1. The number of anilines is 1. The molecule has 3 heterocycles. The van der Waals surface area contributed by atoms with Crippen molar-refractivity contribution in [3.8, 4) is 11.3 Å². The summed E-state index contributed by atoms with van der Waals surface area (Å²) < 4.78 is 6.95. The predicted octanol–water partition coefficient (Wildman–Crippen LogP) is 6.29. The lowest BCUT2D eigenvalue weighted by Crippen LogP contribution is -2.01. The van der Waals surface area contributed by atoms with Crippen LogP contribution in [0.5, 0.6) is 0 Å². The number of nitrogens with two attached hydrogens (primary N) is 1. The molecule has 0 atom stereocenters. The highest BCUT2D eigenvalue weighted by Crippen LogP contribution is 2.37. The maximum Gasteiger partial charge on any atom is 0.205 e. The van der Waals surface area contributed by atoms with E-state index in [-0.39, 0.29) is 5.78 Å². The molecule has 4 nitrogen and oxygen atoms in total. The van der Waals surface area contributed by atoms with Crippen LogP contribution < -0.4 is 5.73 Å². The average Bonchev–Trinajstić information content (AvgIpc) is 3.28. The number of thiophene rings is 1. The Labute approximate surface area is 172 Å². The van der Waals surface area contributed by atoms with Gasteiger partial charge in [-0.15, -0.1) is 11.3 Å². The third kappa shape index (κ3) is 2.82. The summed E-state index contributed by atoms with van der Waals surface area (Å²) in [5.41, 5.74) is 9.03. The number of carbonyl (C=O) groups is 1. The molecule has 0 fully saturated rings. The number of hydrogen-bond acceptors (Lipinski definition) is 5. The van der Waals surface area contributed by atoms with E-state index in [9.17, 15) is 4.79 Å². The Hall–Kier alpha value is -2.96. The standard InChI is InChI=1S/C22H13BrN2O2S/c23-15-6-7-17-13(8-15)10-18(27-17)14-9-16-19(24)21(28-22(16)25-11-14)20(26)12-4-2-1-3-5-12/h1-11H,24H2. The van der Waals surface area contributed by atoms with E-state index in [0.717, 1.165) is 31.2 Å². The zero-order valence-corrected chi connectivity index (χ0v) is 16.9. The van der Waals surface area contributed by atoms with Crippen molar-refractivity contribution in [1.82, 2.24) is 4.98 Å². The summed E-state index contributed by atoms with van der Waals surface area (Å²) in [5, 5.41) is 1.77. The second-order valence-electron chi connectivity index (χ2n) is 6.41. The van der Waals surface area contributed by atoms with E-state index in [4.69, 9.17) is 10.2 Å². The third-order valence-electron chi connectivity index (χ3n) is 4.59. The highest BCUT2D eigenvalue weighted by molar-refractivity contribution is 9.10. The molecule has 5 aromatic rings. The maximum atomic E-state index is 12.8. The van der Waals surface area contributed by atoms with Gasteiger partial charge in [0.05, 0.1) is 5.69 Å². The van der Waals surface area contributed by atoms with Gasteiger partial charge in [0.1, 0.15) is 21.1 Å². The van der Waals surface area contributed by atoms with Crippen molar-refractivity contribution < 1.29 is 9.21 Å². The summed E-state index contributed by atoms with van der Waals surface area (Å²) in [6, 6.07) is 18.9. The fourth-order valence-corrected chi connectivity index (χ4v) is 4.57. The number of nitrogen functional groups attached to an aromatic ring is 1. The molecule has 0 bridgehead atoms. The largest absolute Gasteiger partial charge is 0.456 e. The SMILES string of the molecule is Nc1c(C(=O)c2ccccc2)sc2ncc(-c3cc4cc(Br)ccc4o3)cc12. The first-order valence-electron chi connectivity index (χ1n) is 8.57. The number of nitrogens with zero attached hydrogens (tertiary/aromatic N) is 1. The van der Waals surface area contributed by atoms with Gasteiger partial charge >= 0.3 is 0 Å². The fraction of sp³-hybridized carbons (Fsp3) is 0. The van der Waals surface area contributed by atoms with Crippen molar-refractivity contribution >= 4 is 59.9 Å². The van der Waals surface area contributed by atoms with Crippen LogP contribution in [0.25, 0.3) is 32.5 Å². The molecular weight excluding hydrogens is 436 g/mol. The summed E-state index contributed by atoms with van der Waals surface area (Å²) in [6.07, 6.45) is 1.75. The lowest BCUT2D eigenvalue weighted by Gasteiger charge is -1.99. The van der Waals surface area contributed by atoms with Gasteiger partial charge in [0.15, 0.2) is 0 Å².